The van der Waals surface area contributed by atoms with Gasteiger partial charge in [0.15, 0.2) is 0 Å². The van der Waals surface area contributed by atoms with Crippen LogP contribution >= 0.6 is 0 Å². The smallest absolute Gasteiger partial charge is 0.239 e. The van der Waals surface area contributed by atoms with Crippen molar-refractivity contribution in [2.75, 3.05) is 26.3 Å². The molecule has 0 aliphatic carbocycles. The summed E-state index contributed by atoms with van der Waals surface area (Å²) < 4.78 is 11.3. The molecular weight excluding hydrogens is 256 g/mol. The van der Waals surface area contributed by atoms with E-state index in [-0.39, 0.29) is 24.2 Å². The van der Waals surface area contributed by atoms with Crippen LogP contribution in [0.3, 0.4) is 0 Å². The number of amides is 1. The zero-order chi connectivity index (χ0) is 14.4. The third-order valence-corrected chi connectivity index (χ3v) is 4.12. The van der Waals surface area contributed by atoms with Gasteiger partial charge in [-0.25, -0.2) is 0 Å². The zero-order valence-corrected chi connectivity index (χ0v) is 12.6. The molecule has 3 atom stereocenters. The molecule has 2 aliphatic heterocycles. The molecule has 0 saturated carbocycles. The predicted octanol–water partition coefficient (Wildman–Crippen LogP) is 1.30. The fourth-order valence-corrected chi connectivity index (χ4v) is 2.99. The number of carbonyl (C=O) groups is 1. The molecule has 2 saturated heterocycles. The largest absolute Gasteiger partial charge is 0.376 e. The molecule has 1 amide bonds. The van der Waals surface area contributed by atoms with Crippen LogP contribution < -0.4 is 5.73 Å². The van der Waals surface area contributed by atoms with Gasteiger partial charge in [-0.1, -0.05) is 13.3 Å². The van der Waals surface area contributed by atoms with E-state index in [0.29, 0.717) is 13.1 Å². The summed E-state index contributed by atoms with van der Waals surface area (Å²) in [5.74, 6) is 0.0536. The van der Waals surface area contributed by atoms with Crippen LogP contribution in [0.15, 0.2) is 0 Å². The van der Waals surface area contributed by atoms with E-state index in [1.165, 1.54) is 0 Å². The van der Waals surface area contributed by atoms with Crippen LogP contribution in [0.4, 0.5) is 0 Å². The van der Waals surface area contributed by atoms with Crippen LogP contribution in [-0.2, 0) is 14.3 Å². The van der Waals surface area contributed by atoms with E-state index in [2.05, 4.69) is 6.92 Å². The average Bonchev–Trinajstić information content (AvgIpc) is 3.10. The van der Waals surface area contributed by atoms with Gasteiger partial charge in [0.1, 0.15) is 0 Å². The summed E-state index contributed by atoms with van der Waals surface area (Å²) in [6.07, 6.45) is 6.29. The van der Waals surface area contributed by atoms with Crippen molar-refractivity contribution in [3.63, 3.8) is 0 Å². The molecule has 0 aromatic carbocycles. The van der Waals surface area contributed by atoms with Crippen molar-refractivity contribution in [2.45, 2.75) is 63.7 Å². The third-order valence-electron chi connectivity index (χ3n) is 4.12. The summed E-state index contributed by atoms with van der Waals surface area (Å²) in [4.78, 5) is 14.4. The molecule has 0 aromatic rings. The number of ether oxygens (including phenoxy) is 2. The Hall–Kier alpha value is -0.650. The van der Waals surface area contributed by atoms with Gasteiger partial charge in [0, 0.05) is 26.3 Å². The third kappa shape index (κ3) is 4.43. The van der Waals surface area contributed by atoms with Gasteiger partial charge in [-0.05, 0) is 32.1 Å². The predicted molar refractivity (Wildman–Crippen MR) is 77.4 cm³/mol. The summed E-state index contributed by atoms with van der Waals surface area (Å²) in [6, 6.07) is -0.386. The molecule has 2 aliphatic rings. The molecule has 0 bridgehead atoms. The number of hydrogen-bond acceptors (Lipinski definition) is 4. The quantitative estimate of drug-likeness (QED) is 0.765. The van der Waals surface area contributed by atoms with E-state index in [4.69, 9.17) is 15.2 Å². The van der Waals surface area contributed by atoms with E-state index < -0.39 is 0 Å². The first-order valence-electron chi connectivity index (χ1n) is 7.98. The SMILES string of the molecule is CCC[C@H](N)C(=O)N(CC1CCCO1)CC1CCCO1. The van der Waals surface area contributed by atoms with Crippen LogP contribution in [0.1, 0.15) is 45.4 Å². The average molecular weight is 284 g/mol. The zero-order valence-electron chi connectivity index (χ0n) is 12.6. The van der Waals surface area contributed by atoms with Gasteiger partial charge < -0.3 is 20.1 Å². The minimum atomic E-state index is -0.386. The van der Waals surface area contributed by atoms with Gasteiger partial charge in [-0.3, -0.25) is 4.79 Å². The van der Waals surface area contributed by atoms with Crippen molar-refractivity contribution in [1.82, 2.24) is 4.90 Å². The molecular formula is C15H28N2O3. The maximum absolute atomic E-state index is 12.5. The second kappa shape index (κ2) is 7.96. The Balaban J connectivity index is 1.91. The topological polar surface area (TPSA) is 64.8 Å². The minimum Gasteiger partial charge on any atom is -0.376 e. The van der Waals surface area contributed by atoms with Gasteiger partial charge in [-0.15, -0.1) is 0 Å². The fraction of sp³-hybridized carbons (Fsp3) is 0.933. The van der Waals surface area contributed by atoms with E-state index in [1.54, 1.807) is 0 Å². The Bertz CT molecular complexity index is 281. The Labute approximate surface area is 121 Å². The lowest BCUT2D eigenvalue weighted by Crippen LogP contribution is -2.49. The summed E-state index contributed by atoms with van der Waals surface area (Å²) in [5.41, 5.74) is 6.00. The molecule has 2 heterocycles. The standard InChI is InChI=1S/C15H28N2O3/c1-2-5-14(16)15(18)17(10-12-6-3-8-19-12)11-13-7-4-9-20-13/h12-14H,2-11,16H2,1H3/t12?,13?,14-/m0/s1. The number of rotatable bonds is 7. The Morgan fingerprint density at radius 1 is 1.20 bits per heavy atom. The molecule has 0 radical (unpaired) electrons. The van der Waals surface area contributed by atoms with Crippen LogP contribution in [0.2, 0.25) is 0 Å². The van der Waals surface area contributed by atoms with Gasteiger partial charge in [0.2, 0.25) is 5.91 Å². The Morgan fingerprint density at radius 2 is 1.75 bits per heavy atom. The van der Waals surface area contributed by atoms with Crippen LogP contribution in [0.5, 0.6) is 0 Å². The lowest BCUT2D eigenvalue weighted by molar-refractivity contribution is -0.136. The number of carbonyl (C=O) groups excluding carboxylic acids is 1. The summed E-state index contributed by atoms with van der Waals surface area (Å²) in [7, 11) is 0. The van der Waals surface area contributed by atoms with Gasteiger partial charge in [0.25, 0.3) is 0 Å². The van der Waals surface area contributed by atoms with Crippen LogP contribution in [-0.4, -0.2) is 55.4 Å². The normalized spacial score (nSPS) is 27.7. The molecule has 116 valence electrons. The molecule has 2 fully saturated rings. The summed E-state index contributed by atoms with van der Waals surface area (Å²) >= 11 is 0. The number of hydrogen-bond donors (Lipinski definition) is 1. The first-order chi connectivity index (χ1) is 9.70. The van der Waals surface area contributed by atoms with Gasteiger partial charge in [0.05, 0.1) is 18.2 Å². The molecule has 2 rings (SSSR count). The second-order valence-electron chi connectivity index (χ2n) is 5.91. The number of nitrogens with zero attached hydrogens (tertiary/aromatic N) is 1. The maximum Gasteiger partial charge on any atom is 0.239 e. The first-order valence-corrected chi connectivity index (χ1v) is 7.98. The van der Waals surface area contributed by atoms with Crippen molar-refractivity contribution < 1.29 is 14.3 Å². The van der Waals surface area contributed by atoms with Gasteiger partial charge >= 0.3 is 0 Å². The molecule has 0 spiro atoms. The molecule has 5 heteroatoms. The van der Waals surface area contributed by atoms with Crippen LogP contribution in [0, 0.1) is 0 Å². The Kier molecular flexibility index (Phi) is 6.26. The van der Waals surface area contributed by atoms with Crippen molar-refractivity contribution in [3.05, 3.63) is 0 Å². The highest BCUT2D eigenvalue weighted by molar-refractivity contribution is 5.81. The lowest BCUT2D eigenvalue weighted by atomic mass is 10.1. The fourth-order valence-electron chi connectivity index (χ4n) is 2.99. The Morgan fingerprint density at radius 3 is 2.15 bits per heavy atom. The van der Waals surface area contributed by atoms with E-state index in [1.807, 2.05) is 4.90 Å². The van der Waals surface area contributed by atoms with Crippen molar-refractivity contribution in [2.24, 2.45) is 5.73 Å². The van der Waals surface area contributed by atoms with Crippen molar-refractivity contribution in [3.8, 4) is 0 Å². The van der Waals surface area contributed by atoms with E-state index in [9.17, 15) is 4.79 Å². The van der Waals surface area contributed by atoms with Crippen molar-refractivity contribution in [1.29, 1.82) is 0 Å². The van der Waals surface area contributed by atoms with Gasteiger partial charge in [-0.2, -0.15) is 0 Å². The summed E-state index contributed by atoms with van der Waals surface area (Å²) in [5, 5.41) is 0. The molecule has 2 N–H and O–H groups in total. The highest BCUT2D eigenvalue weighted by Gasteiger charge is 2.29. The molecule has 0 aromatic heterocycles. The lowest BCUT2D eigenvalue weighted by Gasteiger charge is -2.30. The first kappa shape index (κ1) is 15.7. The monoisotopic (exact) mass is 284 g/mol. The highest BCUT2D eigenvalue weighted by Crippen LogP contribution is 2.18. The van der Waals surface area contributed by atoms with Crippen LogP contribution in [0.25, 0.3) is 0 Å². The van der Waals surface area contributed by atoms with E-state index >= 15 is 0 Å². The second-order valence-corrected chi connectivity index (χ2v) is 5.91. The molecule has 20 heavy (non-hydrogen) atoms. The minimum absolute atomic E-state index is 0.0536. The van der Waals surface area contributed by atoms with Crippen molar-refractivity contribution >= 4 is 5.91 Å². The highest BCUT2D eigenvalue weighted by atomic mass is 16.5. The molecule has 5 nitrogen and oxygen atoms in total. The summed E-state index contributed by atoms with van der Waals surface area (Å²) in [6.45, 7) is 5.01. The van der Waals surface area contributed by atoms with E-state index in [0.717, 1.165) is 51.7 Å². The number of nitrogens with two attached hydrogens (primary N) is 1. The maximum atomic E-state index is 12.5. The molecule has 2 unspecified atom stereocenters.